The van der Waals surface area contributed by atoms with E-state index in [1.165, 1.54) is 0 Å². The van der Waals surface area contributed by atoms with Crippen LogP contribution in [0.1, 0.15) is 0 Å². The maximum absolute atomic E-state index is 8.44. The van der Waals surface area contributed by atoms with Gasteiger partial charge in [-0.25, -0.2) is 0 Å². The van der Waals surface area contributed by atoms with Gasteiger partial charge in [-0.2, -0.15) is 0 Å². The van der Waals surface area contributed by atoms with E-state index in [1.54, 1.807) is 0 Å². The molecule has 0 radical (unpaired) electrons. The third kappa shape index (κ3) is 299. The first-order valence-electron chi connectivity index (χ1n) is 1.03. The van der Waals surface area contributed by atoms with Crippen LogP contribution >= 0.6 is 0 Å². The SMILES string of the molecule is O=S([O-])[O-].OS(O)=S.[NH4+].[Na+]. The van der Waals surface area contributed by atoms with Gasteiger partial charge in [-0.15, -0.1) is 11.4 Å². The van der Waals surface area contributed by atoms with Crippen LogP contribution in [0.4, 0.5) is 0 Å². The van der Waals surface area contributed by atoms with Crippen molar-refractivity contribution in [1.82, 2.24) is 6.15 Å². The van der Waals surface area contributed by atoms with E-state index in [0.29, 0.717) is 0 Å². The monoisotopic (exact) mass is 219 g/mol. The summed E-state index contributed by atoms with van der Waals surface area (Å²) in [7, 11) is -1.78. The Hall–Kier alpha value is 1.52. The molecule has 0 heterocycles. The van der Waals surface area contributed by atoms with E-state index < -0.39 is 21.4 Å². The molecule has 0 bridgehead atoms. The van der Waals surface area contributed by atoms with Crippen molar-refractivity contribution in [2.75, 3.05) is 0 Å². The van der Waals surface area contributed by atoms with Crippen molar-refractivity contribution < 1.29 is 52.0 Å². The van der Waals surface area contributed by atoms with Crippen molar-refractivity contribution in [2.45, 2.75) is 0 Å². The van der Waals surface area contributed by atoms with Gasteiger partial charge in [0.05, 0.1) is 0 Å². The Balaban J connectivity index is -0.0000000300. The second-order valence-electron chi connectivity index (χ2n) is 0.435. The van der Waals surface area contributed by atoms with E-state index in [-0.39, 0.29) is 35.7 Å². The summed E-state index contributed by atoms with van der Waals surface area (Å²) in [5, 5.41) is 0. The minimum atomic E-state index is -3.11. The molecular weight excluding hydrogens is 213 g/mol. The molecule has 0 amide bonds. The van der Waals surface area contributed by atoms with Crippen LogP contribution in [0.2, 0.25) is 0 Å². The zero-order chi connectivity index (χ0) is 7.15. The van der Waals surface area contributed by atoms with Gasteiger partial charge in [0.1, 0.15) is 10.0 Å². The third-order valence-corrected chi connectivity index (χ3v) is 0. The third-order valence-electron chi connectivity index (χ3n) is 0. The van der Waals surface area contributed by atoms with Crippen LogP contribution in [0.25, 0.3) is 0 Å². The fourth-order valence-electron chi connectivity index (χ4n) is 0. The maximum Gasteiger partial charge on any atom is 1.00 e. The van der Waals surface area contributed by atoms with Gasteiger partial charge in [0.2, 0.25) is 0 Å². The second kappa shape index (κ2) is 16.9. The molecule has 6 nitrogen and oxygen atoms in total. The van der Waals surface area contributed by atoms with E-state index in [2.05, 4.69) is 11.2 Å². The molecular formula is H6NNaO5S3. The van der Waals surface area contributed by atoms with Crippen LogP contribution in [0.3, 0.4) is 0 Å². The van der Waals surface area contributed by atoms with Gasteiger partial charge in [0.15, 0.2) is 0 Å². The first kappa shape index (κ1) is 22.5. The van der Waals surface area contributed by atoms with Crippen molar-refractivity contribution in [1.29, 1.82) is 0 Å². The van der Waals surface area contributed by atoms with Crippen LogP contribution in [0.5, 0.6) is 0 Å². The molecule has 0 aromatic rings. The molecule has 0 saturated heterocycles. The molecule has 0 fully saturated rings. The van der Waals surface area contributed by atoms with Gasteiger partial charge in [0, 0.05) is 11.2 Å². The van der Waals surface area contributed by atoms with Gasteiger partial charge in [0.25, 0.3) is 0 Å². The van der Waals surface area contributed by atoms with Crippen molar-refractivity contribution in [3.63, 3.8) is 0 Å². The van der Waals surface area contributed by atoms with Crippen molar-refractivity contribution in [2.24, 2.45) is 0 Å². The molecule has 0 aromatic carbocycles. The van der Waals surface area contributed by atoms with Gasteiger partial charge in [-0.1, -0.05) is 0 Å². The fourth-order valence-corrected chi connectivity index (χ4v) is 0. The van der Waals surface area contributed by atoms with E-state index in [4.69, 9.17) is 22.4 Å². The molecule has 0 aliphatic carbocycles. The molecule has 0 spiro atoms. The van der Waals surface area contributed by atoms with E-state index >= 15 is 0 Å². The Morgan fingerprint density at radius 2 is 1.30 bits per heavy atom. The van der Waals surface area contributed by atoms with Crippen molar-refractivity contribution in [3.8, 4) is 0 Å². The molecule has 0 saturated carbocycles. The fraction of sp³-hybridized carbons (Fsp3) is 0. The Labute approximate surface area is 90.0 Å². The molecule has 60 valence electrons. The van der Waals surface area contributed by atoms with Gasteiger partial charge in [-0.3, -0.25) is 4.21 Å². The zero-order valence-corrected chi connectivity index (χ0v) is 9.79. The Kier molecular flexibility index (Phi) is 38.0. The number of quaternary nitrogens is 1. The topological polar surface area (TPSA) is 140 Å². The average molecular weight is 219 g/mol. The van der Waals surface area contributed by atoms with Crippen molar-refractivity contribution in [3.05, 3.63) is 0 Å². The molecule has 0 rings (SSSR count). The Bertz CT molecular complexity index is 74.9. The van der Waals surface area contributed by atoms with Crippen LogP contribution in [0.15, 0.2) is 0 Å². The summed E-state index contributed by atoms with van der Waals surface area (Å²) >= 11 is 0.648. The maximum atomic E-state index is 8.44. The number of hydrogen-bond donors (Lipinski definition) is 3. The Morgan fingerprint density at radius 1 is 1.30 bits per heavy atom. The van der Waals surface area contributed by atoms with Gasteiger partial charge in [-0.05, 0) is 0 Å². The molecule has 10 heteroatoms. The summed E-state index contributed by atoms with van der Waals surface area (Å²) in [5.74, 6) is 0. The van der Waals surface area contributed by atoms with Crippen LogP contribution < -0.4 is 35.7 Å². The van der Waals surface area contributed by atoms with Crippen LogP contribution in [0, 0.1) is 0 Å². The minimum Gasteiger partial charge on any atom is -0.784 e. The van der Waals surface area contributed by atoms with Crippen molar-refractivity contribution >= 4 is 32.6 Å². The quantitative estimate of drug-likeness (QED) is 0.284. The van der Waals surface area contributed by atoms with E-state index in [0.717, 1.165) is 0 Å². The van der Waals surface area contributed by atoms with E-state index in [9.17, 15) is 0 Å². The summed E-state index contributed by atoms with van der Waals surface area (Å²) in [4.78, 5) is 0. The molecule has 0 atom stereocenters. The first-order chi connectivity index (χ1) is 3.46. The normalized spacial score (nSPS) is 7.00. The van der Waals surface area contributed by atoms with E-state index in [1.807, 2.05) is 0 Å². The zero-order valence-electron chi connectivity index (χ0n) is 5.34. The van der Waals surface area contributed by atoms with Crippen LogP contribution in [-0.4, -0.2) is 22.4 Å². The number of rotatable bonds is 0. The average Bonchev–Trinajstić information content (AvgIpc) is 1.25. The summed E-state index contributed by atoms with van der Waals surface area (Å²) in [5.41, 5.74) is 0. The summed E-state index contributed by atoms with van der Waals surface area (Å²) in [6.45, 7) is 0. The minimum absolute atomic E-state index is 0. The predicted molar refractivity (Wildman–Crippen MR) is 35.7 cm³/mol. The molecule has 0 aromatic heterocycles. The smallest absolute Gasteiger partial charge is 0.784 e. The molecule has 0 unspecified atom stereocenters. The standard InChI is InChI=1S/H3N.Na.H2O3S.H2O2S2/c;;2*1-4(2)3/h1H3;;2*(H2,1,2,3)/q;+1;;/p-1. The first-order valence-corrected chi connectivity index (χ1v) is 4.10. The largest absolute Gasteiger partial charge is 1.00 e. The number of hydrogen-bond acceptors (Lipinski definition) is 4. The Morgan fingerprint density at radius 3 is 1.30 bits per heavy atom. The summed E-state index contributed by atoms with van der Waals surface area (Å²) in [6.07, 6.45) is 0. The molecule has 0 aliphatic rings. The van der Waals surface area contributed by atoms with Crippen LogP contribution in [-0.2, 0) is 32.6 Å². The van der Waals surface area contributed by atoms with Gasteiger partial charge >= 0.3 is 29.6 Å². The van der Waals surface area contributed by atoms with Gasteiger partial charge < -0.3 is 24.4 Å². The predicted octanol–water partition coefficient (Wildman–Crippen LogP) is -3.61. The summed E-state index contributed by atoms with van der Waals surface area (Å²) in [6, 6.07) is 0. The second-order valence-corrected chi connectivity index (χ2v) is 2.20. The molecule has 6 N–H and O–H groups in total. The summed E-state index contributed by atoms with van der Waals surface area (Å²) < 4.78 is 40.2. The molecule has 10 heavy (non-hydrogen) atoms. The molecule has 0 aliphatic heterocycles.